The maximum atomic E-state index is 11.7. The second kappa shape index (κ2) is 6.65. The topological polar surface area (TPSA) is 78.3 Å². The Balaban J connectivity index is 2.34. The van der Waals surface area contributed by atoms with Gasteiger partial charge in [0.05, 0.1) is 0 Å². The van der Waals surface area contributed by atoms with Gasteiger partial charge in [0.2, 0.25) is 0 Å². The molecule has 112 valence electrons. The molecule has 5 heteroatoms. The molecule has 0 unspecified atom stereocenters. The predicted molar refractivity (Wildman–Crippen MR) is 76.1 cm³/mol. The molecule has 0 heterocycles. The van der Waals surface area contributed by atoms with Crippen molar-refractivity contribution in [2.75, 3.05) is 0 Å². The van der Waals surface area contributed by atoms with Gasteiger partial charge in [-0.1, -0.05) is 20.8 Å². The number of unbranched alkanes of at least 4 members (excludes halogenated alkanes) is 1. The van der Waals surface area contributed by atoms with Crippen LogP contribution in [-0.2, 0) is 9.53 Å². The van der Waals surface area contributed by atoms with Crippen LogP contribution >= 0.6 is 0 Å². The molecular weight excluding hydrogens is 258 g/mol. The zero-order valence-corrected chi connectivity index (χ0v) is 12.4. The van der Waals surface area contributed by atoms with Crippen molar-refractivity contribution >= 4 is 12.1 Å². The zero-order valence-electron chi connectivity index (χ0n) is 12.4. The Kier molecular flexibility index (Phi) is 5.43. The van der Waals surface area contributed by atoms with Gasteiger partial charge in [-0.05, 0) is 30.6 Å². The quantitative estimate of drug-likeness (QED) is 0.456. The molecule has 1 saturated carbocycles. The third-order valence-corrected chi connectivity index (χ3v) is 3.40. The van der Waals surface area contributed by atoms with Crippen LogP contribution < -0.4 is 5.32 Å². The third-order valence-electron chi connectivity index (χ3n) is 3.40. The summed E-state index contributed by atoms with van der Waals surface area (Å²) in [5.74, 6) is 2.16. The molecule has 1 rings (SSSR count). The van der Waals surface area contributed by atoms with E-state index in [1.165, 1.54) is 0 Å². The lowest BCUT2D eigenvalue weighted by molar-refractivity contribution is -0.142. The third kappa shape index (κ3) is 5.12. The van der Waals surface area contributed by atoms with Crippen LogP contribution in [0.4, 0.5) is 4.79 Å². The number of ether oxygens (including phenoxy) is 1. The molecule has 0 bridgehead atoms. The van der Waals surface area contributed by atoms with Gasteiger partial charge < -0.3 is 15.2 Å². The molecule has 0 radical (unpaired) electrons. The van der Waals surface area contributed by atoms with Crippen molar-refractivity contribution in [1.29, 1.82) is 0 Å². The molecule has 0 aromatic carbocycles. The number of carbonyl (C=O) groups is 2. The van der Waals surface area contributed by atoms with Crippen LogP contribution in [0, 0.1) is 23.7 Å². The highest BCUT2D eigenvalue weighted by atomic mass is 16.6. The Morgan fingerprint density at radius 2 is 2.15 bits per heavy atom. The van der Waals surface area contributed by atoms with Gasteiger partial charge in [-0.2, -0.15) is 0 Å². The number of nitrogens with one attached hydrogen (secondary N) is 1. The first-order valence-corrected chi connectivity index (χ1v) is 6.91. The largest absolute Gasteiger partial charge is 0.563 e. The molecule has 0 aliphatic heterocycles. The van der Waals surface area contributed by atoms with Crippen LogP contribution in [-0.4, -0.2) is 29.3 Å². The van der Waals surface area contributed by atoms with Gasteiger partial charge in [-0.25, -0.2) is 4.79 Å². The Morgan fingerprint density at radius 3 is 2.65 bits per heavy atom. The minimum absolute atomic E-state index is 0.0748. The number of rotatable bonds is 6. The maximum absolute atomic E-state index is 11.7. The van der Waals surface area contributed by atoms with Crippen molar-refractivity contribution in [1.82, 2.24) is 5.32 Å². The first-order chi connectivity index (χ1) is 9.25. The molecule has 1 aliphatic rings. The lowest BCUT2D eigenvalue weighted by Gasteiger charge is -2.24. The molecular formula is C15H24NO4+. The molecule has 3 N–H and O–H groups in total. The van der Waals surface area contributed by atoms with E-state index < -0.39 is 23.5 Å². The minimum atomic E-state index is -0.853. The fourth-order valence-corrected chi connectivity index (χ4v) is 2.10. The minimum Gasteiger partial charge on any atom is -0.563 e. The molecule has 0 aromatic heterocycles. The number of alkyl carbamates (subject to hydrolysis) is 1. The highest BCUT2D eigenvalue weighted by Gasteiger charge is 2.43. The van der Waals surface area contributed by atoms with Crippen LogP contribution in [0.3, 0.4) is 0 Å². The lowest BCUT2D eigenvalue weighted by Crippen LogP contribution is -2.49. The van der Waals surface area contributed by atoms with Crippen LogP contribution in [0.5, 0.6) is 0 Å². The number of carbonyl (C=O) groups excluding carboxylic acids is 2. The van der Waals surface area contributed by atoms with Crippen molar-refractivity contribution in [2.45, 2.75) is 58.6 Å². The smallest absolute Gasteiger partial charge is 0.539 e. The molecule has 5 nitrogen and oxygen atoms in total. The maximum Gasteiger partial charge on any atom is 0.539 e. The first-order valence-electron chi connectivity index (χ1n) is 6.91. The average molecular weight is 282 g/mol. The van der Waals surface area contributed by atoms with Gasteiger partial charge in [0.25, 0.3) is 0 Å². The predicted octanol–water partition coefficient (Wildman–Crippen LogP) is 1.57. The SMILES string of the molecule is C#CCCC[C@@H]1C[C@H]1OC(=O)N[C@H](C(=O)[OH2+])C(C)(C)C. The van der Waals surface area contributed by atoms with E-state index in [1.54, 1.807) is 20.8 Å². The monoisotopic (exact) mass is 282 g/mol. The molecule has 1 amide bonds. The van der Waals surface area contributed by atoms with Gasteiger partial charge >= 0.3 is 12.1 Å². The van der Waals surface area contributed by atoms with Crippen LogP contribution in [0.2, 0.25) is 0 Å². The van der Waals surface area contributed by atoms with Crippen molar-refractivity contribution in [2.24, 2.45) is 11.3 Å². The van der Waals surface area contributed by atoms with E-state index in [2.05, 4.69) is 11.2 Å². The van der Waals surface area contributed by atoms with E-state index in [9.17, 15) is 9.59 Å². The highest BCUT2D eigenvalue weighted by molar-refractivity contribution is 5.80. The lowest BCUT2D eigenvalue weighted by atomic mass is 9.87. The van der Waals surface area contributed by atoms with Crippen molar-refractivity contribution in [3.05, 3.63) is 0 Å². The van der Waals surface area contributed by atoms with Crippen LogP contribution in [0.1, 0.15) is 46.5 Å². The van der Waals surface area contributed by atoms with E-state index >= 15 is 0 Å². The molecule has 1 aliphatic carbocycles. The molecule has 20 heavy (non-hydrogen) atoms. The summed E-state index contributed by atoms with van der Waals surface area (Å²) in [6.45, 7) is 5.39. The van der Waals surface area contributed by atoms with E-state index in [0.29, 0.717) is 5.92 Å². The standard InChI is InChI=1S/C15H23NO4/c1-5-6-7-8-10-9-11(10)20-14(19)16-12(13(17)18)15(2,3)4/h1,10-12H,6-9H2,2-4H3,(H,16,19)(H,17,18)/p+1/t10-,11-,12-/m1/s1. The van der Waals surface area contributed by atoms with Gasteiger partial charge in [0.1, 0.15) is 6.10 Å². The molecule has 3 atom stereocenters. The number of hydrogen-bond acceptors (Lipinski definition) is 3. The van der Waals surface area contributed by atoms with Crippen LogP contribution in [0.25, 0.3) is 0 Å². The first kappa shape index (κ1) is 16.4. The molecule has 1 fully saturated rings. The van der Waals surface area contributed by atoms with Crippen molar-refractivity contribution in [3.8, 4) is 12.3 Å². The van der Waals surface area contributed by atoms with Gasteiger partial charge in [0.15, 0.2) is 6.04 Å². The number of terminal acetylenes is 1. The molecule has 0 spiro atoms. The molecule has 0 aromatic rings. The summed E-state index contributed by atoms with van der Waals surface area (Å²) in [5, 5.41) is 9.69. The number of amides is 1. The normalized spacial score (nSPS) is 22.5. The Hall–Kier alpha value is -1.70. The fourth-order valence-electron chi connectivity index (χ4n) is 2.10. The van der Waals surface area contributed by atoms with E-state index in [-0.39, 0.29) is 6.10 Å². The van der Waals surface area contributed by atoms with E-state index in [1.807, 2.05) is 0 Å². The summed E-state index contributed by atoms with van der Waals surface area (Å²) < 4.78 is 5.24. The van der Waals surface area contributed by atoms with E-state index in [0.717, 1.165) is 25.7 Å². The Bertz CT molecular complexity index is 405. The van der Waals surface area contributed by atoms with E-state index in [4.69, 9.17) is 16.3 Å². The van der Waals surface area contributed by atoms with Gasteiger partial charge in [-0.3, -0.25) is 0 Å². The number of hydrogen-bond donors (Lipinski definition) is 1. The molecule has 0 saturated heterocycles. The summed E-state index contributed by atoms with van der Waals surface area (Å²) in [5.41, 5.74) is -0.506. The van der Waals surface area contributed by atoms with Crippen molar-refractivity contribution in [3.63, 3.8) is 0 Å². The summed E-state index contributed by atoms with van der Waals surface area (Å²) in [7, 11) is 0. The Labute approximate surface area is 120 Å². The second-order valence-electron chi connectivity index (χ2n) is 6.34. The summed E-state index contributed by atoms with van der Waals surface area (Å²) in [4.78, 5) is 23.0. The summed E-state index contributed by atoms with van der Waals surface area (Å²) in [6.07, 6.45) is 7.99. The second-order valence-corrected chi connectivity index (χ2v) is 6.34. The highest BCUT2D eigenvalue weighted by Crippen LogP contribution is 2.38. The fraction of sp³-hybridized carbons (Fsp3) is 0.733. The zero-order chi connectivity index (χ0) is 15.3. The Morgan fingerprint density at radius 1 is 1.50 bits per heavy atom. The van der Waals surface area contributed by atoms with Crippen molar-refractivity contribution < 1.29 is 19.4 Å². The summed E-state index contributed by atoms with van der Waals surface area (Å²) >= 11 is 0. The average Bonchev–Trinajstić information content (AvgIpc) is 3.03. The van der Waals surface area contributed by atoms with Gasteiger partial charge in [0, 0.05) is 11.2 Å². The summed E-state index contributed by atoms with van der Waals surface area (Å²) in [6, 6.07) is -0.853. The van der Waals surface area contributed by atoms with Crippen LogP contribution in [0.15, 0.2) is 0 Å². The van der Waals surface area contributed by atoms with Gasteiger partial charge in [-0.15, -0.1) is 12.3 Å².